The predicted molar refractivity (Wildman–Crippen MR) is 189 cm³/mol. The van der Waals surface area contributed by atoms with E-state index in [1.54, 1.807) is 23.9 Å². The van der Waals surface area contributed by atoms with Gasteiger partial charge in [0.2, 0.25) is 0 Å². The lowest BCUT2D eigenvalue weighted by Gasteiger charge is -2.32. The van der Waals surface area contributed by atoms with Crippen molar-refractivity contribution in [3.63, 3.8) is 0 Å². The highest BCUT2D eigenvalue weighted by Gasteiger charge is 2.23. The van der Waals surface area contributed by atoms with Gasteiger partial charge in [-0.05, 0) is 31.4 Å². The van der Waals surface area contributed by atoms with E-state index < -0.39 is 0 Å². The van der Waals surface area contributed by atoms with Crippen LogP contribution in [0.25, 0.3) is 22.5 Å². The smallest absolute Gasteiger partial charge is 0.319 e. The van der Waals surface area contributed by atoms with E-state index in [0.29, 0.717) is 17.8 Å². The van der Waals surface area contributed by atoms with Gasteiger partial charge in [0.05, 0.1) is 22.6 Å². The molecule has 8 nitrogen and oxygen atoms in total. The zero-order valence-corrected chi connectivity index (χ0v) is 27.6. The summed E-state index contributed by atoms with van der Waals surface area (Å²) in [5.41, 5.74) is 5.26. The average Bonchev–Trinajstić information content (AvgIpc) is 3.52. The summed E-state index contributed by atoms with van der Waals surface area (Å²) < 4.78 is 0. The Bertz CT molecular complexity index is 1460. The maximum absolute atomic E-state index is 13.2. The van der Waals surface area contributed by atoms with E-state index in [1.807, 2.05) is 36.4 Å². The minimum absolute atomic E-state index is 0.105. The number of rotatable bonds is 15. The molecular weight excluding hydrogens is 593 g/mol. The van der Waals surface area contributed by atoms with Gasteiger partial charge < -0.3 is 25.8 Å². The summed E-state index contributed by atoms with van der Waals surface area (Å²) in [7, 11) is 0. The third kappa shape index (κ3) is 9.71. The molecule has 2 heterocycles. The van der Waals surface area contributed by atoms with E-state index in [9.17, 15) is 9.59 Å². The van der Waals surface area contributed by atoms with E-state index in [0.717, 1.165) is 78.7 Å². The van der Waals surface area contributed by atoms with Crippen LogP contribution in [0.15, 0.2) is 90.1 Å². The van der Waals surface area contributed by atoms with Gasteiger partial charge in [-0.1, -0.05) is 117 Å². The van der Waals surface area contributed by atoms with E-state index in [1.165, 1.54) is 19.3 Å². The summed E-state index contributed by atoms with van der Waals surface area (Å²) in [6.07, 6.45) is 7.47. The first-order chi connectivity index (χ1) is 22.6. The van der Waals surface area contributed by atoms with Crippen LogP contribution in [0.3, 0.4) is 0 Å². The molecule has 0 unspecified atom stereocenters. The van der Waals surface area contributed by atoms with Crippen molar-refractivity contribution in [1.29, 1.82) is 0 Å². The van der Waals surface area contributed by atoms with E-state index in [2.05, 4.69) is 69.2 Å². The van der Waals surface area contributed by atoms with E-state index in [4.69, 9.17) is 4.98 Å². The Kier molecular flexibility index (Phi) is 12.7. The molecule has 0 bridgehead atoms. The Balaban J connectivity index is 1.07. The number of para-hydroxylation sites is 1. The van der Waals surface area contributed by atoms with Crippen molar-refractivity contribution in [2.45, 2.75) is 63.1 Å². The zero-order valence-electron chi connectivity index (χ0n) is 26.8. The maximum atomic E-state index is 13.2. The molecular formula is C37H46N6O2S. The van der Waals surface area contributed by atoms with Crippen LogP contribution < -0.4 is 16.0 Å². The number of piperidine rings is 1. The molecule has 5 rings (SSSR count). The quantitative estimate of drug-likeness (QED) is 0.0786. The topological polar surface area (TPSA) is 102 Å². The number of carbonyl (C=O) groups excluding carboxylic acids is 2. The Morgan fingerprint density at radius 1 is 0.870 bits per heavy atom. The minimum atomic E-state index is -0.274. The first kappa shape index (κ1) is 33.3. The van der Waals surface area contributed by atoms with Crippen molar-refractivity contribution >= 4 is 29.4 Å². The summed E-state index contributed by atoms with van der Waals surface area (Å²) in [4.78, 5) is 36.7. The molecule has 242 valence electrons. The number of H-pyrrole nitrogens is 1. The van der Waals surface area contributed by atoms with E-state index >= 15 is 0 Å². The SMILES string of the molecule is CCCCCCCNC(=O)Nc1ccccc1C(=O)NC1CCN(CCSc2nc(-c3ccccc3)c(-c3ccccc3)[nH]2)CC1. The molecule has 0 saturated carbocycles. The lowest BCUT2D eigenvalue weighted by Crippen LogP contribution is -2.45. The largest absolute Gasteiger partial charge is 0.349 e. The number of imidazole rings is 1. The fourth-order valence-electron chi connectivity index (χ4n) is 5.76. The van der Waals surface area contributed by atoms with Crippen molar-refractivity contribution in [1.82, 2.24) is 25.5 Å². The van der Waals surface area contributed by atoms with Crippen molar-refractivity contribution < 1.29 is 9.59 Å². The number of thioether (sulfide) groups is 1. The summed E-state index contributed by atoms with van der Waals surface area (Å²) >= 11 is 1.74. The van der Waals surface area contributed by atoms with Crippen LogP contribution in [0.4, 0.5) is 10.5 Å². The number of benzene rings is 3. The second-order valence-electron chi connectivity index (χ2n) is 11.8. The van der Waals surface area contributed by atoms with Gasteiger partial charge in [0.1, 0.15) is 0 Å². The molecule has 1 aromatic heterocycles. The van der Waals surface area contributed by atoms with Crippen LogP contribution in [0.1, 0.15) is 62.2 Å². The molecule has 1 aliphatic rings. The molecule has 3 aromatic carbocycles. The van der Waals surface area contributed by atoms with E-state index in [-0.39, 0.29) is 18.0 Å². The molecule has 0 spiro atoms. The number of unbranched alkanes of at least 4 members (excludes halogenated alkanes) is 4. The summed E-state index contributed by atoms with van der Waals surface area (Å²) in [5, 5.41) is 9.91. The van der Waals surface area contributed by atoms with Gasteiger partial charge in [0.25, 0.3) is 5.91 Å². The Labute approximate surface area is 277 Å². The fraction of sp³-hybridized carbons (Fsp3) is 0.378. The number of carbonyl (C=O) groups is 2. The number of hydrogen-bond acceptors (Lipinski definition) is 5. The summed E-state index contributed by atoms with van der Waals surface area (Å²) in [6, 6.07) is 27.7. The second-order valence-corrected chi connectivity index (χ2v) is 12.9. The number of urea groups is 1. The fourth-order valence-corrected chi connectivity index (χ4v) is 6.63. The van der Waals surface area contributed by atoms with Gasteiger partial charge >= 0.3 is 6.03 Å². The van der Waals surface area contributed by atoms with Crippen LogP contribution in [-0.2, 0) is 0 Å². The van der Waals surface area contributed by atoms with Crippen LogP contribution in [0, 0.1) is 0 Å². The lowest BCUT2D eigenvalue weighted by molar-refractivity contribution is 0.0914. The number of nitrogens with zero attached hydrogens (tertiary/aromatic N) is 2. The number of aromatic amines is 1. The molecule has 0 atom stereocenters. The second kappa shape index (κ2) is 17.6. The standard InChI is InChI=1S/C37H46N6O2S/c1-2-3-4-5-14-23-38-36(45)40-32-20-13-12-19-31(32)35(44)39-30-21-24-43(25-22-30)26-27-46-37-41-33(28-15-8-6-9-16-28)34(42-37)29-17-10-7-11-18-29/h6-13,15-20,30H,2-5,14,21-27H2,1H3,(H,39,44)(H,41,42)(H2,38,40,45). The molecule has 1 aliphatic heterocycles. The number of amides is 3. The monoisotopic (exact) mass is 638 g/mol. The van der Waals surface area contributed by atoms with Gasteiger partial charge in [-0.25, -0.2) is 9.78 Å². The molecule has 4 N–H and O–H groups in total. The van der Waals surface area contributed by atoms with Crippen molar-refractivity contribution in [3.05, 3.63) is 90.5 Å². The molecule has 1 saturated heterocycles. The normalized spacial score (nSPS) is 13.8. The Morgan fingerprint density at radius 2 is 1.54 bits per heavy atom. The first-order valence-electron chi connectivity index (χ1n) is 16.6. The van der Waals surface area contributed by atoms with Gasteiger partial charge in [-0.3, -0.25) is 4.79 Å². The van der Waals surface area contributed by atoms with Gasteiger partial charge in [-0.2, -0.15) is 0 Å². The number of likely N-dealkylation sites (tertiary alicyclic amines) is 1. The molecule has 3 amide bonds. The van der Waals surface area contributed by atoms with Crippen molar-refractivity contribution in [2.24, 2.45) is 0 Å². The number of anilines is 1. The van der Waals surface area contributed by atoms with Gasteiger partial charge in [-0.15, -0.1) is 0 Å². The number of aromatic nitrogens is 2. The number of hydrogen-bond donors (Lipinski definition) is 4. The number of nitrogens with one attached hydrogen (secondary N) is 4. The van der Waals surface area contributed by atoms with Crippen molar-refractivity contribution in [2.75, 3.05) is 37.2 Å². The molecule has 46 heavy (non-hydrogen) atoms. The average molecular weight is 639 g/mol. The highest BCUT2D eigenvalue weighted by atomic mass is 32.2. The van der Waals surface area contributed by atoms with Crippen molar-refractivity contribution in [3.8, 4) is 22.5 Å². The predicted octanol–water partition coefficient (Wildman–Crippen LogP) is 7.82. The highest BCUT2D eigenvalue weighted by Crippen LogP contribution is 2.32. The molecule has 1 fully saturated rings. The minimum Gasteiger partial charge on any atom is -0.349 e. The summed E-state index contributed by atoms with van der Waals surface area (Å²) in [5.74, 6) is 0.776. The molecule has 0 aliphatic carbocycles. The van der Waals surface area contributed by atoms with Gasteiger partial charge in [0.15, 0.2) is 5.16 Å². The van der Waals surface area contributed by atoms with Crippen LogP contribution in [-0.4, -0.2) is 64.8 Å². The molecule has 0 radical (unpaired) electrons. The summed E-state index contributed by atoms with van der Waals surface area (Å²) in [6.45, 7) is 5.62. The Hall–Kier alpha value is -4.08. The highest BCUT2D eigenvalue weighted by molar-refractivity contribution is 7.99. The van der Waals surface area contributed by atoms with Crippen LogP contribution >= 0.6 is 11.8 Å². The first-order valence-corrected chi connectivity index (χ1v) is 17.6. The molecule has 4 aromatic rings. The van der Waals surface area contributed by atoms with Crippen LogP contribution in [0.2, 0.25) is 0 Å². The molecule has 9 heteroatoms. The van der Waals surface area contributed by atoms with Crippen LogP contribution in [0.5, 0.6) is 0 Å². The lowest BCUT2D eigenvalue weighted by atomic mass is 10.0. The third-order valence-corrected chi connectivity index (χ3v) is 9.20. The Morgan fingerprint density at radius 3 is 2.28 bits per heavy atom. The zero-order chi connectivity index (χ0) is 32.0. The van der Waals surface area contributed by atoms with Gasteiger partial charge in [0, 0.05) is 49.1 Å². The maximum Gasteiger partial charge on any atom is 0.319 e. The third-order valence-electron chi connectivity index (χ3n) is 8.35.